The fraction of sp³-hybridized carbons (Fsp3) is 0.857. The van der Waals surface area contributed by atoms with Gasteiger partial charge in [-0.2, -0.15) is 0 Å². The van der Waals surface area contributed by atoms with E-state index in [1.54, 1.807) is 9.80 Å². The number of nitrogens with zero attached hydrogens (tertiary/aromatic N) is 2. The highest BCUT2D eigenvalue weighted by molar-refractivity contribution is 5.80. The molecule has 20 heavy (non-hydrogen) atoms. The average Bonchev–Trinajstić information content (AvgIpc) is 2.82. The van der Waals surface area contributed by atoms with Gasteiger partial charge in [0.2, 0.25) is 0 Å². The summed E-state index contributed by atoms with van der Waals surface area (Å²) in [5, 5.41) is 9.34. The first-order valence-electron chi connectivity index (χ1n) is 7.12. The number of ether oxygens (including phenoxy) is 1. The van der Waals surface area contributed by atoms with Gasteiger partial charge in [0, 0.05) is 38.0 Å². The van der Waals surface area contributed by atoms with Gasteiger partial charge in [0.25, 0.3) is 5.91 Å². The molecule has 0 aromatic rings. The smallest absolute Gasteiger partial charge is 0.410 e. The third-order valence-electron chi connectivity index (χ3n) is 3.81. The van der Waals surface area contributed by atoms with Gasteiger partial charge < -0.3 is 19.6 Å². The van der Waals surface area contributed by atoms with Crippen molar-refractivity contribution in [2.24, 2.45) is 11.8 Å². The van der Waals surface area contributed by atoms with Gasteiger partial charge in [0.05, 0.1) is 0 Å². The van der Waals surface area contributed by atoms with Gasteiger partial charge in [-0.15, -0.1) is 0 Å². The predicted octanol–water partition coefficient (Wildman–Crippen LogP) is 0.692. The molecule has 0 aromatic heterocycles. The van der Waals surface area contributed by atoms with Crippen molar-refractivity contribution in [2.75, 3.05) is 26.2 Å². The van der Waals surface area contributed by atoms with E-state index in [9.17, 15) is 14.7 Å². The normalized spacial score (nSPS) is 27.4. The van der Waals surface area contributed by atoms with E-state index in [1.165, 1.54) is 6.92 Å². The Morgan fingerprint density at radius 2 is 1.55 bits per heavy atom. The molecule has 0 aliphatic carbocycles. The number of carbonyl (C=O) groups excluding carboxylic acids is 2. The van der Waals surface area contributed by atoms with Crippen LogP contribution < -0.4 is 0 Å². The summed E-state index contributed by atoms with van der Waals surface area (Å²) in [7, 11) is 0. The van der Waals surface area contributed by atoms with Crippen molar-refractivity contribution < 1.29 is 19.4 Å². The van der Waals surface area contributed by atoms with Gasteiger partial charge in [0.1, 0.15) is 11.7 Å². The topological polar surface area (TPSA) is 70.1 Å². The van der Waals surface area contributed by atoms with Crippen LogP contribution in [0.3, 0.4) is 0 Å². The van der Waals surface area contributed by atoms with Crippen LogP contribution in [0.1, 0.15) is 27.7 Å². The summed E-state index contributed by atoms with van der Waals surface area (Å²) < 4.78 is 5.37. The van der Waals surface area contributed by atoms with Crippen molar-refractivity contribution in [1.29, 1.82) is 0 Å². The maximum atomic E-state index is 12.0. The molecule has 2 fully saturated rings. The third kappa shape index (κ3) is 3.23. The van der Waals surface area contributed by atoms with E-state index in [4.69, 9.17) is 4.74 Å². The Balaban J connectivity index is 1.88. The van der Waals surface area contributed by atoms with Gasteiger partial charge in [-0.1, -0.05) is 0 Å². The highest BCUT2D eigenvalue weighted by atomic mass is 16.6. The first kappa shape index (κ1) is 15.1. The summed E-state index contributed by atoms with van der Waals surface area (Å²) in [5.74, 6) is 0.374. The highest BCUT2D eigenvalue weighted by Gasteiger charge is 2.44. The maximum Gasteiger partial charge on any atom is 0.410 e. The molecule has 6 nitrogen and oxygen atoms in total. The number of carbonyl (C=O) groups is 2. The Morgan fingerprint density at radius 3 is 1.95 bits per heavy atom. The van der Waals surface area contributed by atoms with E-state index in [0.29, 0.717) is 38.0 Å². The Labute approximate surface area is 119 Å². The fourth-order valence-corrected chi connectivity index (χ4v) is 2.91. The highest BCUT2D eigenvalue weighted by Crippen LogP contribution is 2.32. The van der Waals surface area contributed by atoms with Gasteiger partial charge in [0.15, 0.2) is 0 Å². The van der Waals surface area contributed by atoms with Crippen LogP contribution in [-0.2, 0) is 9.53 Å². The molecule has 0 spiro atoms. The summed E-state index contributed by atoms with van der Waals surface area (Å²) in [5.41, 5.74) is -0.483. The molecule has 2 aliphatic rings. The first-order chi connectivity index (χ1) is 9.17. The van der Waals surface area contributed by atoms with Crippen LogP contribution in [0.15, 0.2) is 0 Å². The molecule has 2 saturated heterocycles. The zero-order valence-electron chi connectivity index (χ0n) is 12.6. The second kappa shape index (κ2) is 5.24. The molecule has 6 heteroatoms. The standard InChI is InChI=1S/C14H24N2O4/c1-9(17)12(18)15-5-10-7-16(8-11(10)6-15)13(19)20-14(2,3)4/h9-11,17H,5-8H2,1-4H3/t9-,10-,11+/m0/s1. The number of rotatable bonds is 1. The van der Waals surface area contributed by atoms with Crippen molar-refractivity contribution in [2.45, 2.75) is 39.4 Å². The lowest BCUT2D eigenvalue weighted by molar-refractivity contribution is -0.138. The molecule has 2 amide bonds. The summed E-state index contributed by atoms with van der Waals surface area (Å²) in [4.78, 5) is 27.2. The minimum absolute atomic E-state index is 0.219. The third-order valence-corrected chi connectivity index (χ3v) is 3.81. The van der Waals surface area contributed by atoms with Crippen molar-refractivity contribution in [3.63, 3.8) is 0 Å². The molecule has 114 valence electrons. The molecular formula is C14H24N2O4. The molecule has 1 N–H and O–H groups in total. The van der Waals surface area contributed by atoms with Crippen molar-refractivity contribution in [3.05, 3.63) is 0 Å². The molecule has 0 bridgehead atoms. The molecule has 2 aliphatic heterocycles. The Morgan fingerprint density at radius 1 is 1.10 bits per heavy atom. The van der Waals surface area contributed by atoms with Crippen molar-refractivity contribution in [1.82, 2.24) is 9.80 Å². The first-order valence-corrected chi connectivity index (χ1v) is 7.12. The number of likely N-dealkylation sites (tertiary alicyclic amines) is 2. The minimum atomic E-state index is -0.948. The molecule has 0 unspecified atom stereocenters. The van der Waals surface area contributed by atoms with Crippen LogP contribution >= 0.6 is 0 Å². The lowest BCUT2D eigenvalue weighted by Gasteiger charge is -2.26. The monoisotopic (exact) mass is 284 g/mol. The van der Waals surface area contributed by atoms with Crippen LogP contribution in [0.5, 0.6) is 0 Å². The number of aliphatic hydroxyl groups is 1. The van der Waals surface area contributed by atoms with E-state index >= 15 is 0 Å². The molecule has 0 saturated carbocycles. The van der Waals surface area contributed by atoms with E-state index in [1.807, 2.05) is 20.8 Å². The second-order valence-corrected chi connectivity index (χ2v) is 6.82. The Bertz CT molecular complexity index is 388. The van der Waals surface area contributed by atoms with Crippen molar-refractivity contribution >= 4 is 12.0 Å². The van der Waals surface area contributed by atoms with Gasteiger partial charge >= 0.3 is 6.09 Å². The molecule has 0 aromatic carbocycles. The molecule has 3 atom stereocenters. The minimum Gasteiger partial charge on any atom is -0.444 e. The lowest BCUT2D eigenvalue weighted by Crippen LogP contribution is -2.40. The van der Waals surface area contributed by atoms with E-state index in [-0.39, 0.29) is 12.0 Å². The Kier molecular flexibility index (Phi) is 3.95. The van der Waals surface area contributed by atoms with Crippen LogP contribution in [0, 0.1) is 11.8 Å². The number of fused-ring (bicyclic) bond motifs is 1. The van der Waals surface area contributed by atoms with Crippen LogP contribution in [-0.4, -0.2) is 64.8 Å². The van der Waals surface area contributed by atoms with Crippen molar-refractivity contribution in [3.8, 4) is 0 Å². The quantitative estimate of drug-likeness (QED) is 0.769. The SMILES string of the molecule is C[C@H](O)C(=O)N1C[C@H]2CN(C(=O)OC(C)(C)C)C[C@H]2C1. The maximum absolute atomic E-state index is 12.0. The van der Waals surface area contributed by atoms with E-state index in [2.05, 4.69) is 0 Å². The Hall–Kier alpha value is -1.30. The summed E-state index contributed by atoms with van der Waals surface area (Å²) in [6.45, 7) is 9.54. The predicted molar refractivity (Wildman–Crippen MR) is 73.0 cm³/mol. The van der Waals surface area contributed by atoms with Gasteiger partial charge in [-0.25, -0.2) is 4.79 Å². The molecular weight excluding hydrogens is 260 g/mol. The molecule has 2 heterocycles. The van der Waals surface area contributed by atoms with Crippen LogP contribution in [0.2, 0.25) is 0 Å². The van der Waals surface area contributed by atoms with Gasteiger partial charge in [-0.05, 0) is 27.7 Å². The lowest BCUT2D eigenvalue weighted by atomic mass is 10.0. The largest absolute Gasteiger partial charge is 0.444 e. The zero-order chi connectivity index (χ0) is 15.1. The second-order valence-electron chi connectivity index (χ2n) is 6.82. The van der Waals surface area contributed by atoms with E-state index < -0.39 is 11.7 Å². The van der Waals surface area contributed by atoms with Crippen LogP contribution in [0.4, 0.5) is 4.79 Å². The summed E-state index contributed by atoms with van der Waals surface area (Å²) >= 11 is 0. The molecule has 0 radical (unpaired) electrons. The zero-order valence-corrected chi connectivity index (χ0v) is 12.6. The number of amides is 2. The number of aliphatic hydroxyl groups excluding tert-OH is 1. The average molecular weight is 284 g/mol. The van der Waals surface area contributed by atoms with Crippen LogP contribution in [0.25, 0.3) is 0 Å². The fourth-order valence-electron chi connectivity index (χ4n) is 2.91. The number of hydrogen-bond acceptors (Lipinski definition) is 4. The summed E-state index contributed by atoms with van der Waals surface area (Å²) in [6, 6.07) is 0. The van der Waals surface area contributed by atoms with Gasteiger partial charge in [-0.3, -0.25) is 4.79 Å². The van der Waals surface area contributed by atoms with E-state index in [0.717, 1.165) is 0 Å². The molecule has 2 rings (SSSR count). The summed E-state index contributed by atoms with van der Waals surface area (Å²) in [6.07, 6.45) is -1.23. The number of hydrogen-bond donors (Lipinski definition) is 1.